The summed E-state index contributed by atoms with van der Waals surface area (Å²) in [5.74, 6) is 0.658. The first-order chi connectivity index (χ1) is 10.0. The summed E-state index contributed by atoms with van der Waals surface area (Å²) in [5.41, 5.74) is 1.42. The highest BCUT2D eigenvalue weighted by molar-refractivity contribution is 9.10. The molecule has 110 valence electrons. The number of phenolic OH excluding ortho intramolecular Hbond substituents is 1. The van der Waals surface area contributed by atoms with Crippen LogP contribution >= 0.6 is 15.9 Å². The predicted molar refractivity (Wildman–Crippen MR) is 84.6 cm³/mol. The molecule has 2 rings (SSSR count). The van der Waals surface area contributed by atoms with E-state index in [0.29, 0.717) is 16.6 Å². The summed E-state index contributed by atoms with van der Waals surface area (Å²) in [5, 5.41) is 9.65. The highest BCUT2D eigenvalue weighted by Gasteiger charge is 2.13. The highest BCUT2D eigenvalue weighted by atomic mass is 79.9. The van der Waals surface area contributed by atoms with Crippen LogP contribution in [0.15, 0.2) is 46.9 Å². The van der Waals surface area contributed by atoms with Crippen molar-refractivity contribution >= 4 is 21.8 Å². The molecule has 0 unspecified atom stereocenters. The van der Waals surface area contributed by atoms with Crippen LogP contribution in [0.2, 0.25) is 0 Å². The van der Waals surface area contributed by atoms with Gasteiger partial charge < -0.3 is 14.7 Å². The summed E-state index contributed by atoms with van der Waals surface area (Å²) in [4.78, 5) is 13.9. The largest absolute Gasteiger partial charge is 0.507 e. The van der Waals surface area contributed by atoms with Crippen LogP contribution in [-0.4, -0.2) is 30.1 Å². The first kappa shape index (κ1) is 15.4. The molecule has 0 spiro atoms. The van der Waals surface area contributed by atoms with Crippen molar-refractivity contribution in [1.82, 2.24) is 4.90 Å². The molecule has 0 aliphatic heterocycles. The fourth-order valence-electron chi connectivity index (χ4n) is 1.98. The second-order valence-electron chi connectivity index (χ2n) is 4.68. The molecular weight excluding hydrogens is 334 g/mol. The number of aromatic hydroxyl groups is 1. The summed E-state index contributed by atoms with van der Waals surface area (Å²) in [7, 11) is 3.33. The van der Waals surface area contributed by atoms with Gasteiger partial charge in [0.05, 0.1) is 11.6 Å². The Balaban J connectivity index is 2.13. The Labute approximate surface area is 132 Å². The first-order valence-electron chi connectivity index (χ1n) is 6.38. The van der Waals surface area contributed by atoms with Crippen molar-refractivity contribution < 1.29 is 14.6 Å². The Morgan fingerprint density at radius 2 is 2.05 bits per heavy atom. The van der Waals surface area contributed by atoms with E-state index in [9.17, 15) is 9.90 Å². The Kier molecular flexibility index (Phi) is 4.85. The average molecular weight is 350 g/mol. The number of methoxy groups -OCH3 is 1. The Morgan fingerprint density at radius 1 is 1.29 bits per heavy atom. The van der Waals surface area contributed by atoms with Gasteiger partial charge in [-0.15, -0.1) is 0 Å². The number of halogens is 1. The number of rotatable bonds is 4. The predicted octanol–water partition coefficient (Wildman–Crippen LogP) is 3.44. The molecule has 4 nitrogen and oxygen atoms in total. The quantitative estimate of drug-likeness (QED) is 0.919. The molecule has 5 heteroatoms. The molecule has 2 aromatic rings. The van der Waals surface area contributed by atoms with E-state index in [1.807, 2.05) is 24.3 Å². The van der Waals surface area contributed by atoms with Gasteiger partial charge in [-0.05, 0) is 51.8 Å². The summed E-state index contributed by atoms with van der Waals surface area (Å²) < 4.78 is 5.73. The zero-order valence-corrected chi connectivity index (χ0v) is 13.4. The number of ether oxygens (including phenoxy) is 1. The van der Waals surface area contributed by atoms with E-state index >= 15 is 0 Å². The van der Waals surface area contributed by atoms with Gasteiger partial charge in [-0.25, -0.2) is 0 Å². The van der Waals surface area contributed by atoms with Gasteiger partial charge >= 0.3 is 0 Å². The third-order valence-electron chi connectivity index (χ3n) is 3.09. The molecule has 0 saturated heterocycles. The van der Waals surface area contributed by atoms with E-state index in [0.717, 1.165) is 11.3 Å². The topological polar surface area (TPSA) is 49.8 Å². The molecule has 0 aliphatic carbocycles. The Bertz CT molecular complexity index is 658. The van der Waals surface area contributed by atoms with Crippen LogP contribution in [0.25, 0.3) is 0 Å². The number of carbonyl (C=O) groups is 1. The van der Waals surface area contributed by atoms with Gasteiger partial charge in [0.25, 0.3) is 5.91 Å². The van der Waals surface area contributed by atoms with Crippen LogP contribution in [0.1, 0.15) is 15.9 Å². The number of nitrogens with zero attached hydrogens (tertiary/aromatic N) is 1. The monoisotopic (exact) mass is 349 g/mol. The maximum absolute atomic E-state index is 12.3. The normalized spacial score (nSPS) is 10.2. The second-order valence-corrected chi connectivity index (χ2v) is 5.53. The van der Waals surface area contributed by atoms with Gasteiger partial charge in [-0.3, -0.25) is 4.79 Å². The van der Waals surface area contributed by atoms with E-state index in [1.54, 1.807) is 31.2 Å². The minimum absolute atomic E-state index is 0.0515. The lowest BCUT2D eigenvalue weighted by Crippen LogP contribution is -2.26. The Hall–Kier alpha value is -2.01. The van der Waals surface area contributed by atoms with Crippen LogP contribution < -0.4 is 4.74 Å². The zero-order valence-electron chi connectivity index (χ0n) is 11.8. The number of hydrogen-bond donors (Lipinski definition) is 1. The summed E-state index contributed by atoms with van der Waals surface area (Å²) in [6.07, 6.45) is 0. The van der Waals surface area contributed by atoms with E-state index in [1.165, 1.54) is 6.07 Å². The lowest BCUT2D eigenvalue weighted by molar-refractivity contribution is 0.0784. The van der Waals surface area contributed by atoms with Crippen LogP contribution in [0, 0.1) is 0 Å². The maximum Gasteiger partial charge on any atom is 0.254 e. The molecule has 0 radical (unpaired) electrons. The molecule has 0 atom stereocenters. The summed E-state index contributed by atoms with van der Waals surface area (Å²) >= 11 is 3.20. The number of benzene rings is 2. The number of phenols is 1. The molecule has 0 fully saturated rings. The number of amides is 1. The van der Waals surface area contributed by atoms with Gasteiger partial charge in [0, 0.05) is 19.2 Å². The lowest BCUT2D eigenvalue weighted by atomic mass is 10.1. The maximum atomic E-state index is 12.3. The molecule has 21 heavy (non-hydrogen) atoms. The summed E-state index contributed by atoms with van der Waals surface area (Å²) in [6.45, 7) is 0.465. The molecule has 0 bridgehead atoms. The van der Waals surface area contributed by atoms with E-state index in [4.69, 9.17) is 4.74 Å². The van der Waals surface area contributed by atoms with Crippen LogP contribution in [0.5, 0.6) is 11.5 Å². The van der Waals surface area contributed by atoms with Crippen molar-refractivity contribution in [2.75, 3.05) is 14.2 Å². The van der Waals surface area contributed by atoms with Crippen molar-refractivity contribution in [2.24, 2.45) is 0 Å². The molecule has 0 saturated carbocycles. The first-order valence-corrected chi connectivity index (χ1v) is 7.17. The van der Waals surface area contributed by atoms with Gasteiger partial charge in [-0.1, -0.05) is 12.1 Å². The molecule has 1 N–H and O–H groups in total. The molecule has 0 aliphatic rings. The zero-order chi connectivity index (χ0) is 15.4. The van der Waals surface area contributed by atoms with E-state index in [-0.39, 0.29) is 11.7 Å². The standard InChI is InChI=1S/C16H16BrNO3/c1-18(10-11-4-3-5-13(8-11)21-2)16(20)12-6-7-14(17)15(19)9-12/h3-9,19H,10H2,1-2H3. The van der Waals surface area contributed by atoms with Crippen molar-refractivity contribution in [1.29, 1.82) is 0 Å². The number of carbonyl (C=O) groups excluding carboxylic acids is 1. The van der Waals surface area contributed by atoms with Gasteiger partial charge in [-0.2, -0.15) is 0 Å². The second kappa shape index (κ2) is 6.63. The van der Waals surface area contributed by atoms with Gasteiger partial charge in [0.15, 0.2) is 0 Å². The molecule has 0 heterocycles. The highest BCUT2D eigenvalue weighted by Crippen LogP contribution is 2.25. The average Bonchev–Trinajstić information content (AvgIpc) is 2.49. The fraction of sp³-hybridized carbons (Fsp3) is 0.188. The minimum atomic E-state index is -0.152. The van der Waals surface area contributed by atoms with Gasteiger partial charge in [0.2, 0.25) is 0 Å². The smallest absolute Gasteiger partial charge is 0.254 e. The SMILES string of the molecule is COc1cccc(CN(C)C(=O)c2ccc(Br)c(O)c2)c1. The van der Waals surface area contributed by atoms with Crippen LogP contribution in [0.3, 0.4) is 0 Å². The minimum Gasteiger partial charge on any atom is -0.507 e. The lowest BCUT2D eigenvalue weighted by Gasteiger charge is -2.18. The number of hydrogen-bond acceptors (Lipinski definition) is 3. The van der Waals surface area contributed by atoms with E-state index < -0.39 is 0 Å². The van der Waals surface area contributed by atoms with Crippen molar-refractivity contribution in [3.05, 3.63) is 58.1 Å². The Morgan fingerprint density at radius 3 is 2.71 bits per heavy atom. The molecule has 1 amide bonds. The molecule has 0 aromatic heterocycles. The van der Waals surface area contributed by atoms with Crippen molar-refractivity contribution in [3.63, 3.8) is 0 Å². The van der Waals surface area contributed by atoms with Crippen LogP contribution in [-0.2, 0) is 6.54 Å². The summed E-state index contributed by atoms with van der Waals surface area (Å²) in [6, 6.07) is 12.4. The molecule has 2 aromatic carbocycles. The van der Waals surface area contributed by atoms with Crippen molar-refractivity contribution in [3.8, 4) is 11.5 Å². The van der Waals surface area contributed by atoms with Crippen molar-refractivity contribution in [2.45, 2.75) is 6.54 Å². The van der Waals surface area contributed by atoms with Gasteiger partial charge in [0.1, 0.15) is 11.5 Å². The third-order valence-corrected chi connectivity index (χ3v) is 3.76. The fourth-order valence-corrected chi connectivity index (χ4v) is 2.23. The third kappa shape index (κ3) is 3.76. The van der Waals surface area contributed by atoms with Crippen LogP contribution in [0.4, 0.5) is 0 Å². The van der Waals surface area contributed by atoms with E-state index in [2.05, 4.69) is 15.9 Å². The molecular formula is C16H16BrNO3.